The lowest BCUT2D eigenvalue weighted by atomic mass is 10.1. The van der Waals surface area contributed by atoms with Gasteiger partial charge in [-0.2, -0.15) is 4.98 Å². The molecule has 0 bridgehead atoms. The van der Waals surface area contributed by atoms with Gasteiger partial charge in [0.25, 0.3) is 5.89 Å². The number of aromatic nitrogens is 2. The molecule has 0 radical (unpaired) electrons. The predicted molar refractivity (Wildman–Crippen MR) is 91.4 cm³/mol. The number of benzene rings is 1. The standard InChI is InChI=1S/C17H20N4O3/c1-10-12(6-7-23-10)15-20-16(24-21-15)11-4-5-14(13(18)8-11)19-9-17(2,3)22/h4-8,19,22H,9,18H2,1-3H3. The summed E-state index contributed by atoms with van der Waals surface area (Å²) >= 11 is 0. The Labute approximate surface area is 139 Å². The zero-order valence-corrected chi connectivity index (χ0v) is 13.8. The third-order valence-corrected chi connectivity index (χ3v) is 3.54. The molecule has 2 aromatic heterocycles. The molecule has 4 N–H and O–H groups in total. The molecule has 3 aromatic rings. The van der Waals surface area contributed by atoms with Gasteiger partial charge in [-0.25, -0.2) is 0 Å². The topological polar surface area (TPSA) is 110 Å². The Hall–Kier alpha value is -2.80. The Morgan fingerprint density at radius 1 is 1.29 bits per heavy atom. The molecule has 0 saturated heterocycles. The van der Waals surface area contributed by atoms with E-state index in [1.807, 2.05) is 19.1 Å². The van der Waals surface area contributed by atoms with E-state index in [-0.39, 0.29) is 0 Å². The number of nitrogens with one attached hydrogen (secondary N) is 1. The van der Waals surface area contributed by atoms with Crippen molar-refractivity contribution < 1.29 is 14.0 Å². The fourth-order valence-electron chi connectivity index (χ4n) is 2.24. The molecular weight excluding hydrogens is 308 g/mol. The molecule has 2 heterocycles. The lowest BCUT2D eigenvalue weighted by Gasteiger charge is -2.19. The van der Waals surface area contributed by atoms with Gasteiger partial charge < -0.3 is 25.1 Å². The maximum Gasteiger partial charge on any atom is 0.258 e. The van der Waals surface area contributed by atoms with E-state index < -0.39 is 5.60 Å². The van der Waals surface area contributed by atoms with Crippen LogP contribution in [0.1, 0.15) is 19.6 Å². The van der Waals surface area contributed by atoms with Gasteiger partial charge in [-0.3, -0.25) is 0 Å². The Kier molecular flexibility index (Phi) is 4.02. The highest BCUT2D eigenvalue weighted by atomic mass is 16.5. The quantitative estimate of drug-likeness (QED) is 0.617. The minimum Gasteiger partial charge on any atom is -0.469 e. The van der Waals surface area contributed by atoms with Gasteiger partial charge >= 0.3 is 0 Å². The van der Waals surface area contributed by atoms with Crippen LogP contribution in [0, 0.1) is 6.92 Å². The molecule has 126 valence electrons. The van der Waals surface area contributed by atoms with E-state index in [0.29, 0.717) is 23.9 Å². The average molecular weight is 328 g/mol. The van der Waals surface area contributed by atoms with Gasteiger partial charge in [0.2, 0.25) is 5.82 Å². The SMILES string of the molecule is Cc1occc1-c1noc(-c2ccc(NCC(C)(C)O)c(N)c2)n1. The lowest BCUT2D eigenvalue weighted by Crippen LogP contribution is -2.29. The van der Waals surface area contributed by atoms with Crippen molar-refractivity contribution in [2.45, 2.75) is 26.4 Å². The number of nitrogen functional groups attached to an aromatic ring is 1. The molecule has 0 saturated carbocycles. The summed E-state index contributed by atoms with van der Waals surface area (Å²) in [7, 11) is 0. The summed E-state index contributed by atoms with van der Waals surface area (Å²) in [4.78, 5) is 4.39. The molecule has 3 rings (SSSR count). The van der Waals surface area contributed by atoms with Gasteiger partial charge in [0.15, 0.2) is 0 Å². The largest absolute Gasteiger partial charge is 0.469 e. The first-order valence-corrected chi connectivity index (χ1v) is 7.58. The molecule has 0 aliphatic rings. The summed E-state index contributed by atoms with van der Waals surface area (Å²) in [5.74, 6) is 1.58. The van der Waals surface area contributed by atoms with Gasteiger partial charge in [-0.05, 0) is 45.0 Å². The van der Waals surface area contributed by atoms with Crippen LogP contribution in [0.3, 0.4) is 0 Å². The van der Waals surface area contributed by atoms with E-state index in [0.717, 1.165) is 22.6 Å². The van der Waals surface area contributed by atoms with Crippen LogP contribution in [0.2, 0.25) is 0 Å². The van der Waals surface area contributed by atoms with Crippen molar-refractivity contribution in [3.63, 3.8) is 0 Å². The van der Waals surface area contributed by atoms with E-state index in [1.54, 1.807) is 32.2 Å². The molecule has 0 aliphatic heterocycles. The number of aliphatic hydroxyl groups is 1. The van der Waals surface area contributed by atoms with Gasteiger partial charge in [-0.15, -0.1) is 0 Å². The van der Waals surface area contributed by atoms with Crippen molar-refractivity contribution in [1.82, 2.24) is 10.1 Å². The minimum absolute atomic E-state index is 0.381. The summed E-state index contributed by atoms with van der Waals surface area (Å²) in [5, 5.41) is 16.9. The third kappa shape index (κ3) is 3.41. The average Bonchev–Trinajstić information content (AvgIpc) is 3.13. The number of aryl methyl sites for hydroxylation is 1. The second kappa shape index (κ2) is 6.01. The molecule has 0 aliphatic carbocycles. The zero-order chi connectivity index (χ0) is 17.3. The molecule has 1 aromatic carbocycles. The second-order valence-corrected chi connectivity index (χ2v) is 6.28. The lowest BCUT2D eigenvalue weighted by molar-refractivity contribution is 0.0945. The number of furan rings is 1. The van der Waals surface area contributed by atoms with E-state index in [4.69, 9.17) is 14.7 Å². The van der Waals surface area contributed by atoms with Crippen molar-refractivity contribution in [3.8, 4) is 22.8 Å². The maximum atomic E-state index is 9.77. The summed E-state index contributed by atoms with van der Waals surface area (Å²) in [5.41, 5.74) is 8.04. The molecule has 0 spiro atoms. The van der Waals surface area contributed by atoms with Crippen LogP contribution in [-0.4, -0.2) is 27.4 Å². The van der Waals surface area contributed by atoms with Crippen LogP contribution in [-0.2, 0) is 0 Å². The fraction of sp³-hybridized carbons (Fsp3) is 0.294. The minimum atomic E-state index is -0.824. The van der Waals surface area contributed by atoms with Crippen LogP contribution < -0.4 is 11.1 Å². The Bertz CT molecular complexity index is 846. The molecule has 7 heteroatoms. The number of anilines is 2. The first kappa shape index (κ1) is 16.1. The summed E-state index contributed by atoms with van der Waals surface area (Å²) in [6.07, 6.45) is 1.59. The smallest absolute Gasteiger partial charge is 0.258 e. The third-order valence-electron chi connectivity index (χ3n) is 3.54. The number of nitrogens with zero attached hydrogens (tertiary/aromatic N) is 2. The van der Waals surface area contributed by atoms with E-state index in [1.165, 1.54) is 0 Å². The maximum absolute atomic E-state index is 9.77. The molecule has 0 atom stereocenters. The number of hydrogen-bond donors (Lipinski definition) is 3. The Balaban J connectivity index is 1.82. The normalized spacial score (nSPS) is 11.7. The highest BCUT2D eigenvalue weighted by Gasteiger charge is 2.16. The van der Waals surface area contributed by atoms with E-state index in [2.05, 4.69) is 15.5 Å². The van der Waals surface area contributed by atoms with Gasteiger partial charge in [0.05, 0.1) is 28.8 Å². The van der Waals surface area contributed by atoms with Crippen LogP contribution in [0.4, 0.5) is 11.4 Å². The molecular formula is C17H20N4O3. The van der Waals surface area contributed by atoms with Crippen molar-refractivity contribution in [1.29, 1.82) is 0 Å². The van der Waals surface area contributed by atoms with Crippen LogP contribution in [0.5, 0.6) is 0 Å². The van der Waals surface area contributed by atoms with Gasteiger partial charge in [-0.1, -0.05) is 5.16 Å². The van der Waals surface area contributed by atoms with Crippen LogP contribution in [0.25, 0.3) is 22.8 Å². The summed E-state index contributed by atoms with van der Waals surface area (Å²) < 4.78 is 10.6. The first-order valence-electron chi connectivity index (χ1n) is 7.58. The molecule has 0 amide bonds. The summed E-state index contributed by atoms with van der Waals surface area (Å²) in [6.45, 7) is 5.68. The fourth-order valence-corrected chi connectivity index (χ4v) is 2.24. The molecule has 0 unspecified atom stereocenters. The van der Waals surface area contributed by atoms with Crippen molar-refractivity contribution in [2.24, 2.45) is 0 Å². The Morgan fingerprint density at radius 3 is 2.71 bits per heavy atom. The first-order chi connectivity index (χ1) is 11.3. The van der Waals surface area contributed by atoms with Gasteiger partial charge in [0, 0.05) is 12.1 Å². The van der Waals surface area contributed by atoms with Crippen molar-refractivity contribution in [3.05, 3.63) is 36.3 Å². The van der Waals surface area contributed by atoms with Crippen LogP contribution in [0.15, 0.2) is 39.5 Å². The number of nitrogens with two attached hydrogens (primary N) is 1. The molecule has 0 fully saturated rings. The predicted octanol–water partition coefficient (Wildman–Crippen LogP) is 3.07. The number of hydrogen-bond acceptors (Lipinski definition) is 7. The monoisotopic (exact) mass is 328 g/mol. The van der Waals surface area contributed by atoms with E-state index >= 15 is 0 Å². The van der Waals surface area contributed by atoms with Crippen LogP contribution >= 0.6 is 0 Å². The highest BCUT2D eigenvalue weighted by Crippen LogP contribution is 2.29. The number of rotatable bonds is 5. The highest BCUT2D eigenvalue weighted by molar-refractivity contribution is 5.73. The van der Waals surface area contributed by atoms with Gasteiger partial charge in [0.1, 0.15) is 5.76 Å². The molecule has 7 nitrogen and oxygen atoms in total. The summed E-state index contributed by atoms with van der Waals surface area (Å²) in [6, 6.07) is 7.21. The van der Waals surface area contributed by atoms with Crippen molar-refractivity contribution >= 4 is 11.4 Å². The second-order valence-electron chi connectivity index (χ2n) is 6.28. The molecule has 24 heavy (non-hydrogen) atoms. The van der Waals surface area contributed by atoms with Crippen molar-refractivity contribution in [2.75, 3.05) is 17.6 Å². The van der Waals surface area contributed by atoms with E-state index in [9.17, 15) is 5.11 Å². The Morgan fingerprint density at radius 2 is 2.08 bits per heavy atom. The zero-order valence-electron chi connectivity index (χ0n) is 13.8.